The minimum absolute atomic E-state index is 0.0801. The van der Waals surface area contributed by atoms with Gasteiger partial charge in [-0.15, -0.1) is 0 Å². The fourth-order valence-corrected chi connectivity index (χ4v) is 6.00. The maximum Gasteiger partial charge on any atom is 0.336 e. The molecule has 0 amide bonds. The molecule has 0 spiro atoms. The first-order chi connectivity index (χ1) is 15.9. The third kappa shape index (κ3) is 3.98. The Morgan fingerprint density at radius 1 is 0.727 bits per heavy atom. The molecule has 0 aromatic heterocycles. The minimum atomic E-state index is -0.678. The summed E-state index contributed by atoms with van der Waals surface area (Å²) in [6.07, 6.45) is 24.1. The molecule has 0 N–H and O–H groups in total. The van der Waals surface area contributed by atoms with Crippen LogP contribution in [-0.2, 0) is 19.1 Å². The van der Waals surface area contributed by atoms with Crippen molar-refractivity contribution in [1.82, 2.24) is 0 Å². The second-order valence-corrected chi connectivity index (χ2v) is 9.57. The number of rotatable bonds is 8. The zero-order chi connectivity index (χ0) is 23.6. The predicted octanol–water partition coefficient (Wildman–Crippen LogP) is 6.18. The number of esters is 2. The topological polar surface area (TPSA) is 52.6 Å². The number of ether oxygens (including phenoxy) is 2. The first-order valence-electron chi connectivity index (χ1n) is 12.5. The maximum atomic E-state index is 13.6. The van der Waals surface area contributed by atoms with Gasteiger partial charge >= 0.3 is 11.9 Å². The van der Waals surface area contributed by atoms with Crippen LogP contribution < -0.4 is 0 Å². The van der Waals surface area contributed by atoms with Crippen LogP contribution >= 0.6 is 0 Å². The van der Waals surface area contributed by atoms with E-state index in [1.165, 1.54) is 0 Å². The first kappa shape index (κ1) is 23.5. The van der Waals surface area contributed by atoms with Crippen LogP contribution in [-0.4, -0.2) is 23.1 Å². The average molecular weight is 449 g/mol. The summed E-state index contributed by atoms with van der Waals surface area (Å²) < 4.78 is 12.5. The fourth-order valence-electron chi connectivity index (χ4n) is 6.00. The highest BCUT2D eigenvalue weighted by Gasteiger charge is 2.48. The predicted molar refractivity (Wildman–Crippen MR) is 130 cm³/mol. The summed E-state index contributed by atoms with van der Waals surface area (Å²) in [6, 6.07) is 0. The monoisotopic (exact) mass is 448 g/mol. The Morgan fingerprint density at radius 3 is 1.52 bits per heavy atom. The second-order valence-electron chi connectivity index (χ2n) is 9.57. The smallest absolute Gasteiger partial charge is 0.336 e. The molecule has 0 aliphatic heterocycles. The second kappa shape index (κ2) is 9.32. The Balaban J connectivity index is 1.64. The Kier molecular flexibility index (Phi) is 6.65. The molecule has 33 heavy (non-hydrogen) atoms. The van der Waals surface area contributed by atoms with Gasteiger partial charge in [0.1, 0.15) is 11.2 Å². The SMILES string of the molecule is CCC1C=CC=CC1(CC)OC(=O)C1=C(C(=O)OC2(CC)C=CC=CC2CC)C2C=CC1C2. The van der Waals surface area contributed by atoms with Gasteiger partial charge in [-0.1, -0.05) is 76.3 Å². The standard InChI is InChI=1S/C29H36O4/c1-5-22-13-9-11-17-28(22,7-3)32-26(30)24-20-15-16-21(19-20)25(24)27(31)33-29(8-4)18-12-10-14-23(29)6-2/h9-18,20-23H,5-8,19H2,1-4H3. The molecule has 0 aromatic rings. The summed E-state index contributed by atoms with van der Waals surface area (Å²) in [7, 11) is 0. The molecule has 4 heteroatoms. The van der Waals surface area contributed by atoms with Gasteiger partial charge in [0.2, 0.25) is 0 Å². The van der Waals surface area contributed by atoms with Gasteiger partial charge in [-0.25, -0.2) is 9.59 Å². The summed E-state index contributed by atoms with van der Waals surface area (Å²) in [5, 5.41) is 0. The van der Waals surface area contributed by atoms with E-state index in [0.717, 1.165) is 19.3 Å². The van der Waals surface area contributed by atoms with Crippen LogP contribution in [0.3, 0.4) is 0 Å². The van der Waals surface area contributed by atoms with Gasteiger partial charge in [0.05, 0.1) is 11.1 Å². The Morgan fingerprint density at radius 2 is 1.15 bits per heavy atom. The van der Waals surface area contributed by atoms with Crippen LogP contribution in [0.1, 0.15) is 59.8 Å². The molecule has 176 valence electrons. The van der Waals surface area contributed by atoms with Crippen molar-refractivity contribution >= 4 is 11.9 Å². The summed E-state index contributed by atoms with van der Waals surface area (Å²) >= 11 is 0. The molecule has 4 rings (SSSR count). The number of fused-ring (bicyclic) bond motifs is 2. The van der Waals surface area contributed by atoms with E-state index in [4.69, 9.17) is 9.47 Å². The van der Waals surface area contributed by atoms with E-state index >= 15 is 0 Å². The zero-order valence-corrected chi connectivity index (χ0v) is 20.3. The van der Waals surface area contributed by atoms with Crippen molar-refractivity contribution in [2.75, 3.05) is 0 Å². The van der Waals surface area contributed by atoms with E-state index in [1.807, 2.05) is 62.5 Å². The highest BCUT2D eigenvalue weighted by molar-refractivity contribution is 6.03. The molecule has 0 aromatic carbocycles. The van der Waals surface area contributed by atoms with Crippen molar-refractivity contribution in [3.63, 3.8) is 0 Å². The molecule has 6 unspecified atom stereocenters. The third-order valence-electron chi connectivity index (χ3n) is 8.03. The van der Waals surface area contributed by atoms with Crippen LogP contribution in [0.15, 0.2) is 71.9 Å². The van der Waals surface area contributed by atoms with E-state index in [-0.39, 0.29) is 35.6 Å². The Bertz CT molecular complexity index is 902. The van der Waals surface area contributed by atoms with E-state index in [0.29, 0.717) is 24.0 Å². The van der Waals surface area contributed by atoms with Crippen LogP contribution in [0.25, 0.3) is 0 Å². The molecule has 6 atom stereocenters. The lowest BCUT2D eigenvalue weighted by Gasteiger charge is -2.38. The molecular formula is C29H36O4. The summed E-state index contributed by atoms with van der Waals surface area (Å²) in [6.45, 7) is 8.30. The van der Waals surface area contributed by atoms with Crippen molar-refractivity contribution < 1.29 is 19.1 Å². The molecule has 0 heterocycles. The largest absolute Gasteiger partial charge is 0.451 e. The quantitative estimate of drug-likeness (QED) is 0.329. The molecule has 0 fully saturated rings. The number of hydrogen-bond donors (Lipinski definition) is 0. The van der Waals surface area contributed by atoms with Gasteiger partial charge in [-0.2, -0.15) is 0 Å². The van der Waals surface area contributed by atoms with E-state index in [2.05, 4.69) is 26.0 Å². The van der Waals surface area contributed by atoms with Crippen molar-refractivity contribution in [3.8, 4) is 0 Å². The molecule has 4 nitrogen and oxygen atoms in total. The van der Waals surface area contributed by atoms with Gasteiger partial charge < -0.3 is 9.47 Å². The average Bonchev–Trinajstić information content (AvgIpc) is 3.46. The lowest BCUT2D eigenvalue weighted by molar-refractivity contribution is -0.158. The minimum Gasteiger partial charge on any atom is -0.451 e. The molecule has 0 radical (unpaired) electrons. The summed E-state index contributed by atoms with van der Waals surface area (Å²) in [5.41, 5.74) is -0.369. The Labute approximate surface area is 197 Å². The number of carbonyl (C=O) groups excluding carboxylic acids is 2. The van der Waals surface area contributed by atoms with Gasteiger partial charge in [0.25, 0.3) is 0 Å². The lowest BCUT2D eigenvalue weighted by atomic mass is 9.79. The number of carbonyl (C=O) groups is 2. The van der Waals surface area contributed by atoms with Gasteiger partial charge in [0.15, 0.2) is 0 Å². The van der Waals surface area contributed by atoms with Crippen molar-refractivity contribution in [3.05, 3.63) is 71.9 Å². The van der Waals surface area contributed by atoms with Crippen LogP contribution in [0.2, 0.25) is 0 Å². The van der Waals surface area contributed by atoms with E-state index in [9.17, 15) is 9.59 Å². The molecule has 0 saturated heterocycles. The third-order valence-corrected chi connectivity index (χ3v) is 8.03. The summed E-state index contributed by atoms with van der Waals surface area (Å²) in [5.74, 6) is -0.678. The molecule has 4 aliphatic carbocycles. The van der Waals surface area contributed by atoms with Crippen LogP contribution in [0.5, 0.6) is 0 Å². The van der Waals surface area contributed by atoms with Gasteiger partial charge in [0, 0.05) is 23.7 Å². The maximum absolute atomic E-state index is 13.6. The van der Waals surface area contributed by atoms with Crippen molar-refractivity contribution in [2.24, 2.45) is 23.7 Å². The van der Waals surface area contributed by atoms with E-state index < -0.39 is 11.2 Å². The highest BCUT2D eigenvalue weighted by atomic mass is 16.6. The number of hydrogen-bond acceptors (Lipinski definition) is 4. The lowest BCUT2D eigenvalue weighted by Crippen LogP contribution is -2.42. The van der Waals surface area contributed by atoms with Crippen molar-refractivity contribution in [1.29, 1.82) is 0 Å². The van der Waals surface area contributed by atoms with Crippen LogP contribution in [0.4, 0.5) is 0 Å². The van der Waals surface area contributed by atoms with Crippen LogP contribution in [0, 0.1) is 23.7 Å². The molecule has 2 bridgehead atoms. The summed E-state index contributed by atoms with van der Waals surface area (Å²) in [4.78, 5) is 27.2. The molecule has 4 aliphatic rings. The van der Waals surface area contributed by atoms with Gasteiger partial charge in [-0.05, 0) is 44.3 Å². The highest BCUT2D eigenvalue weighted by Crippen LogP contribution is 2.47. The molecule has 0 saturated carbocycles. The van der Waals surface area contributed by atoms with E-state index in [1.54, 1.807) is 0 Å². The zero-order valence-electron chi connectivity index (χ0n) is 20.3. The van der Waals surface area contributed by atoms with Gasteiger partial charge in [-0.3, -0.25) is 0 Å². The Hall–Kier alpha value is -2.62. The number of allylic oxidation sites excluding steroid dienone is 6. The van der Waals surface area contributed by atoms with Crippen molar-refractivity contribution in [2.45, 2.75) is 71.0 Å². The normalized spacial score (nSPS) is 36.0. The first-order valence-corrected chi connectivity index (χ1v) is 12.5. The molecular weight excluding hydrogens is 412 g/mol. The fraction of sp³-hybridized carbons (Fsp3) is 0.517.